The zero-order valence-corrected chi connectivity index (χ0v) is 13.3. The van der Waals surface area contributed by atoms with E-state index in [4.69, 9.17) is 4.74 Å². The molecular weight excluding hydrogens is 294 g/mol. The van der Waals surface area contributed by atoms with Crippen LogP contribution in [0.2, 0.25) is 0 Å². The van der Waals surface area contributed by atoms with Crippen LogP contribution >= 0.6 is 11.3 Å². The van der Waals surface area contributed by atoms with Gasteiger partial charge in [-0.25, -0.2) is 13.1 Å². The Morgan fingerprint density at radius 2 is 1.95 bits per heavy atom. The molecule has 0 atom stereocenters. The highest BCUT2D eigenvalue weighted by Crippen LogP contribution is 2.24. The summed E-state index contributed by atoms with van der Waals surface area (Å²) in [5, 5.41) is 1.74. The molecule has 0 fully saturated rings. The molecule has 0 spiro atoms. The highest BCUT2D eigenvalue weighted by atomic mass is 32.2. The Balaban J connectivity index is 2.21. The van der Waals surface area contributed by atoms with Crippen molar-refractivity contribution in [2.75, 3.05) is 7.11 Å². The standard InChI is InChI=1S/C14H17NO3S2/c1-10-7-12(13(18-3)8-11(10)2)9-15-20(16,17)14-5-4-6-19-14/h4-8,15H,9H2,1-3H3. The molecule has 20 heavy (non-hydrogen) atoms. The zero-order chi connectivity index (χ0) is 14.8. The van der Waals surface area contributed by atoms with E-state index in [1.807, 2.05) is 26.0 Å². The molecule has 1 N–H and O–H groups in total. The van der Waals surface area contributed by atoms with Crippen LogP contribution in [0.15, 0.2) is 33.9 Å². The summed E-state index contributed by atoms with van der Waals surface area (Å²) in [7, 11) is -1.87. The molecule has 0 saturated carbocycles. The summed E-state index contributed by atoms with van der Waals surface area (Å²) in [5.74, 6) is 0.696. The smallest absolute Gasteiger partial charge is 0.250 e. The number of methoxy groups -OCH3 is 1. The fourth-order valence-corrected chi connectivity index (χ4v) is 3.88. The summed E-state index contributed by atoms with van der Waals surface area (Å²) < 4.78 is 32.4. The molecule has 2 rings (SSSR count). The van der Waals surface area contributed by atoms with Crippen LogP contribution < -0.4 is 9.46 Å². The van der Waals surface area contributed by atoms with Crippen molar-refractivity contribution in [1.29, 1.82) is 0 Å². The minimum atomic E-state index is -3.45. The monoisotopic (exact) mass is 311 g/mol. The van der Waals surface area contributed by atoms with Gasteiger partial charge in [-0.15, -0.1) is 11.3 Å². The van der Waals surface area contributed by atoms with E-state index >= 15 is 0 Å². The molecule has 1 aromatic heterocycles. The van der Waals surface area contributed by atoms with Crippen molar-refractivity contribution in [3.63, 3.8) is 0 Å². The number of ether oxygens (including phenoxy) is 1. The fourth-order valence-electron chi connectivity index (χ4n) is 1.84. The number of benzene rings is 1. The first-order valence-electron chi connectivity index (χ1n) is 6.11. The number of sulfonamides is 1. The maximum Gasteiger partial charge on any atom is 0.250 e. The van der Waals surface area contributed by atoms with Crippen LogP contribution in [0.1, 0.15) is 16.7 Å². The third-order valence-corrected chi connectivity index (χ3v) is 5.91. The summed E-state index contributed by atoms with van der Waals surface area (Å²) in [6, 6.07) is 7.18. The molecule has 0 radical (unpaired) electrons. The van der Waals surface area contributed by atoms with Crippen LogP contribution in [0.25, 0.3) is 0 Å². The van der Waals surface area contributed by atoms with E-state index in [1.165, 1.54) is 11.3 Å². The molecule has 0 amide bonds. The molecule has 108 valence electrons. The Kier molecular flexibility index (Phi) is 4.47. The number of aryl methyl sites for hydroxylation is 2. The van der Waals surface area contributed by atoms with E-state index in [9.17, 15) is 8.42 Å². The lowest BCUT2D eigenvalue weighted by Crippen LogP contribution is -2.22. The highest BCUT2D eigenvalue weighted by molar-refractivity contribution is 7.91. The van der Waals surface area contributed by atoms with Gasteiger partial charge in [0, 0.05) is 12.1 Å². The van der Waals surface area contributed by atoms with Crippen molar-refractivity contribution < 1.29 is 13.2 Å². The van der Waals surface area contributed by atoms with Crippen LogP contribution in [0.3, 0.4) is 0 Å². The topological polar surface area (TPSA) is 55.4 Å². The van der Waals surface area contributed by atoms with E-state index in [-0.39, 0.29) is 6.54 Å². The van der Waals surface area contributed by atoms with Crippen LogP contribution in [0.5, 0.6) is 5.75 Å². The average Bonchev–Trinajstić information content (AvgIpc) is 2.94. The Hall–Kier alpha value is -1.37. The highest BCUT2D eigenvalue weighted by Gasteiger charge is 2.16. The average molecular weight is 311 g/mol. The maximum atomic E-state index is 12.1. The van der Waals surface area contributed by atoms with Gasteiger partial charge in [0.1, 0.15) is 9.96 Å². The predicted octanol–water partition coefficient (Wildman–Crippen LogP) is 2.85. The van der Waals surface area contributed by atoms with E-state index in [0.717, 1.165) is 16.7 Å². The summed E-state index contributed by atoms with van der Waals surface area (Å²) >= 11 is 1.20. The van der Waals surface area contributed by atoms with Crippen LogP contribution in [0.4, 0.5) is 0 Å². The van der Waals surface area contributed by atoms with Gasteiger partial charge in [0.2, 0.25) is 10.0 Å². The third-order valence-electron chi connectivity index (χ3n) is 3.11. The van der Waals surface area contributed by atoms with Crippen molar-refractivity contribution in [3.8, 4) is 5.75 Å². The summed E-state index contributed by atoms with van der Waals surface area (Å²) in [6.07, 6.45) is 0. The molecule has 1 aromatic carbocycles. The van der Waals surface area contributed by atoms with Crippen molar-refractivity contribution in [2.24, 2.45) is 0 Å². The number of hydrogen-bond acceptors (Lipinski definition) is 4. The Morgan fingerprint density at radius 1 is 1.25 bits per heavy atom. The molecule has 6 heteroatoms. The van der Waals surface area contributed by atoms with Gasteiger partial charge in [-0.05, 0) is 42.5 Å². The fraction of sp³-hybridized carbons (Fsp3) is 0.286. The van der Waals surface area contributed by atoms with Gasteiger partial charge in [0.15, 0.2) is 0 Å². The molecule has 1 heterocycles. The molecule has 0 aliphatic rings. The lowest BCUT2D eigenvalue weighted by atomic mass is 10.1. The molecule has 0 aliphatic heterocycles. The van der Waals surface area contributed by atoms with Crippen molar-refractivity contribution >= 4 is 21.4 Å². The lowest BCUT2D eigenvalue weighted by Gasteiger charge is -2.12. The normalized spacial score (nSPS) is 11.6. The molecule has 2 aromatic rings. The maximum absolute atomic E-state index is 12.1. The zero-order valence-electron chi connectivity index (χ0n) is 11.6. The number of hydrogen-bond donors (Lipinski definition) is 1. The number of nitrogens with one attached hydrogen (secondary N) is 1. The van der Waals surface area contributed by atoms with Crippen LogP contribution in [0, 0.1) is 13.8 Å². The second-order valence-corrected chi connectivity index (χ2v) is 7.45. The molecule has 0 aliphatic carbocycles. The first kappa shape index (κ1) is 15.0. The van der Waals surface area contributed by atoms with E-state index < -0.39 is 10.0 Å². The Labute approximate surface area is 123 Å². The second kappa shape index (κ2) is 5.95. The quantitative estimate of drug-likeness (QED) is 0.924. The van der Waals surface area contributed by atoms with Gasteiger partial charge in [-0.1, -0.05) is 12.1 Å². The van der Waals surface area contributed by atoms with E-state index in [2.05, 4.69) is 4.72 Å². The molecule has 4 nitrogen and oxygen atoms in total. The third kappa shape index (κ3) is 3.20. The van der Waals surface area contributed by atoms with Crippen molar-refractivity contribution in [1.82, 2.24) is 4.72 Å². The SMILES string of the molecule is COc1cc(C)c(C)cc1CNS(=O)(=O)c1cccs1. The molecule has 0 bridgehead atoms. The van der Waals surface area contributed by atoms with Gasteiger partial charge in [0.25, 0.3) is 0 Å². The van der Waals surface area contributed by atoms with Crippen molar-refractivity contribution in [3.05, 3.63) is 46.3 Å². The molecular formula is C14H17NO3S2. The number of rotatable bonds is 5. The largest absolute Gasteiger partial charge is 0.496 e. The first-order valence-corrected chi connectivity index (χ1v) is 8.47. The van der Waals surface area contributed by atoms with Gasteiger partial charge < -0.3 is 4.74 Å². The Morgan fingerprint density at radius 3 is 2.55 bits per heavy atom. The molecule has 0 unspecified atom stereocenters. The summed E-state index contributed by atoms with van der Waals surface area (Å²) in [6.45, 7) is 4.20. The van der Waals surface area contributed by atoms with Crippen LogP contribution in [-0.2, 0) is 16.6 Å². The van der Waals surface area contributed by atoms with Gasteiger partial charge in [0.05, 0.1) is 7.11 Å². The second-order valence-electron chi connectivity index (χ2n) is 4.50. The van der Waals surface area contributed by atoms with Gasteiger partial charge in [-0.2, -0.15) is 0 Å². The Bertz CT molecular complexity index is 691. The lowest BCUT2D eigenvalue weighted by molar-refractivity contribution is 0.408. The minimum absolute atomic E-state index is 0.213. The van der Waals surface area contributed by atoms with Crippen molar-refractivity contribution in [2.45, 2.75) is 24.6 Å². The molecule has 0 saturated heterocycles. The van der Waals surface area contributed by atoms with E-state index in [0.29, 0.717) is 9.96 Å². The summed E-state index contributed by atoms with van der Waals surface area (Å²) in [4.78, 5) is 0. The van der Waals surface area contributed by atoms with Gasteiger partial charge >= 0.3 is 0 Å². The minimum Gasteiger partial charge on any atom is -0.496 e. The van der Waals surface area contributed by atoms with Crippen LogP contribution in [-0.4, -0.2) is 15.5 Å². The summed E-state index contributed by atoms with van der Waals surface area (Å²) in [5.41, 5.74) is 3.05. The van der Waals surface area contributed by atoms with E-state index in [1.54, 1.807) is 24.6 Å². The first-order chi connectivity index (χ1) is 9.44. The predicted molar refractivity (Wildman–Crippen MR) is 80.8 cm³/mol. The van der Waals surface area contributed by atoms with Gasteiger partial charge in [-0.3, -0.25) is 0 Å². The number of thiophene rings is 1.